The molecule has 4 aromatic rings. The number of unbranched alkanes of at least 4 members (excludes halogenated alkanes) is 1. The van der Waals surface area contributed by atoms with Gasteiger partial charge in [-0.25, -0.2) is 18.1 Å². The molecule has 0 fully saturated rings. The van der Waals surface area contributed by atoms with Gasteiger partial charge in [-0.3, -0.25) is 4.79 Å². The van der Waals surface area contributed by atoms with Gasteiger partial charge in [0.1, 0.15) is 4.21 Å². The van der Waals surface area contributed by atoms with Gasteiger partial charge in [0.2, 0.25) is 5.72 Å². The van der Waals surface area contributed by atoms with Gasteiger partial charge < -0.3 is 10.1 Å². The van der Waals surface area contributed by atoms with Crippen molar-refractivity contribution < 1.29 is 22.7 Å². The SMILES string of the molecule is CC(C)(C)NC(=O)O[C@](C=O)(CCCCN(Cc1ccccc1)S(=O)(=O)c1cccs1)N(Cc1cccs1)Cc1cccs1. The largest absolute Gasteiger partial charge is 0.420 e. The number of sulfonamides is 1. The van der Waals surface area contributed by atoms with Crippen molar-refractivity contribution in [2.75, 3.05) is 6.54 Å². The van der Waals surface area contributed by atoms with E-state index in [1.54, 1.807) is 40.2 Å². The van der Waals surface area contributed by atoms with Crippen LogP contribution in [0.3, 0.4) is 0 Å². The van der Waals surface area contributed by atoms with Crippen LogP contribution in [0.25, 0.3) is 0 Å². The zero-order valence-electron chi connectivity index (χ0n) is 25.2. The van der Waals surface area contributed by atoms with Crippen LogP contribution in [0.15, 0.2) is 87.1 Å². The molecule has 3 heterocycles. The Bertz CT molecular complexity index is 1500. The Kier molecular flexibility index (Phi) is 11.9. The minimum Gasteiger partial charge on any atom is -0.420 e. The standard InChI is InChI=1S/C32H39N3O5S4/c1-31(2,3)33-30(37)40-32(25-36,34(23-27-14-9-19-41-27)24-28-15-10-20-42-28)17-7-8-18-35(22-26-12-5-4-6-13-26)44(38,39)29-16-11-21-43-29/h4-6,9-16,19-21,25H,7-8,17-18,22-24H2,1-3H3,(H,33,37)/t32-/m0/s1. The maximum Gasteiger partial charge on any atom is 0.409 e. The van der Waals surface area contributed by atoms with Crippen LogP contribution in [-0.4, -0.2) is 47.8 Å². The molecule has 0 saturated heterocycles. The number of ether oxygens (including phenoxy) is 1. The summed E-state index contributed by atoms with van der Waals surface area (Å²) in [6, 6.07) is 20.7. The quantitative estimate of drug-likeness (QED) is 0.0759. The number of alkyl carbamates (subject to hydrolysis) is 1. The second-order valence-electron chi connectivity index (χ2n) is 11.5. The molecule has 12 heteroatoms. The van der Waals surface area contributed by atoms with Crippen molar-refractivity contribution >= 4 is 56.4 Å². The van der Waals surface area contributed by atoms with Crippen LogP contribution in [-0.2, 0) is 39.2 Å². The Labute approximate surface area is 272 Å². The van der Waals surface area contributed by atoms with Crippen molar-refractivity contribution in [2.45, 2.75) is 75.1 Å². The van der Waals surface area contributed by atoms with Crippen LogP contribution in [0.5, 0.6) is 0 Å². The minimum atomic E-state index is -3.72. The summed E-state index contributed by atoms with van der Waals surface area (Å²) in [4.78, 5) is 30.2. The highest BCUT2D eigenvalue weighted by Gasteiger charge is 2.41. The highest BCUT2D eigenvalue weighted by atomic mass is 32.2. The van der Waals surface area contributed by atoms with Crippen LogP contribution in [0.2, 0.25) is 0 Å². The fourth-order valence-electron chi connectivity index (χ4n) is 4.70. The third-order valence-electron chi connectivity index (χ3n) is 6.80. The summed E-state index contributed by atoms with van der Waals surface area (Å²) in [7, 11) is -3.72. The molecule has 44 heavy (non-hydrogen) atoms. The van der Waals surface area contributed by atoms with Gasteiger partial charge in [-0.05, 0) is 73.5 Å². The van der Waals surface area contributed by atoms with Crippen molar-refractivity contribution in [2.24, 2.45) is 0 Å². The first-order valence-corrected chi connectivity index (χ1v) is 18.4. The van der Waals surface area contributed by atoms with Gasteiger partial charge in [0.25, 0.3) is 10.0 Å². The maximum absolute atomic E-state index is 13.6. The normalized spacial score (nSPS) is 13.6. The number of aldehydes is 1. The zero-order chi connectivity index (χ0) is 31.6. The van der Waals surface area contributed by atoms with E-state index in [0.29, 0.717) is 25.9 Å². The molecule has 0 spiro atoms. The molecule has 4 rings (SSSR count). The van der Waals surface area contributed by atoms with Gasteiger partial charge in [0.05, 0.1) is 0 Å². The lowest BCUT2D eigenvalue weighted by Gasteiger charge is -2.39. The van der Waals surface area contributed by atoms with E-state index in [-0.39, 0.29) is 23.7 Å². The summed E-state index contributed by atoms with van der Waals surface area (Å²) in [6.07, 6.45) is 1.14. The molecule has 3 aromatic heterocycles. The van der Waals surface area contributed by atoms with Gasteiger partial charge in [-0.1, -0.05) is 48.5 Å². The monoisotopic (exact) mass is 673 g/mol. The summed E-state index contributed by atoms with van der Waals surface area (Å²) in [5.41, 5.74) is -1.25. The van der Waals surface area contributed by atoms with Gasteiger partial charge >= 0.3 is 6.09 Å². The third kappa shape index (κ3) is 9.56. The van der Waals surface area contributed by atoms with E-state index >= 15 is 0 Å². The van der Waals surface area contributed by atoms with Gasteiger partial charge in [0.15, 0.2) is 6.29 Å². The lowest BCUT2D eigenvalue weighted by Crippen LogP contribution is -2.55. The van der Waals surface area contributed by atoms with Crippen LogP contribution >= 0.6 is 34.0 Å². The number of carbonyl (C=O) groups is 2. The fraction of sp³-hybridized carbons (Fsp3) is 0.375. The van der Waals surface area contributed by atoms with E-state index in [9.17, 15) is 18.0 Å². The molecule has 1 atom stereocenters. The average Bonchev–Trinajstić information content (AvgIpc) is 3.78. The summed E-state index contributed by atoms with van der Waals surface area (Å²) >= 11 is 4.33. The molecule has 0 bridgehead atoms. The van der Waals surface area contributed by atoms with Crippen LogP contribution < -0.4 is 5.32 Å². The van der Waals surface area contributed by atoms with E-state index < -0.39 is 27.4 Å². The molecule has 0 aliphatic carbocycles. The summed E-state index contributed by atoms with van der Waals surface area (Å²) in [5.74, 6) is 0. The third-order valence-corrected chi connectivity index (χ3v) is 11.7. The van der Waals surface area contributed by atoms with E-state index in [1.807, 2.05) is 91.0 Å². The Balaban J connectivity index is 1.57. The molecule has 0 aliphatic rings. The van der Waals surface area contributed by atoms with E-state index in [4.69, 9.17) is 4.74 Å². The molecule has 0 saturated carbocycles. The van der Waals surface area contributed by atoms with Crippen molar-refractivity contribution in [1.29, 1.82) is 0 Å². The number of amides is 1. The lowest BCUT2D eigenvalue weighted by atomic mass is 10.0. The number of benzene rings is 1. The number of hydrogen-bond donors (Lipinski definition) is 1. The Morgan fingerprint density at radius 1 is 0.841 bits per heavy atom. The molecular formula is C32H39N3O5S4. The van der Waals surface area contributed by atoms with Crippen molar-refractivity contribution in [1.82, 2.24) is 14.5 Å². The first-order valence-electron chi connectivity index (χ1n) is 14.4. The van der Waals surface area contributed by atoms with Crippen molar-refractivity contribution in [3.8, 4) is 0 Å². The number of hydrogen-bond acceptors (Lipinski definition) is 9. The molecule has 0 unspecified atom stereocenters. The second-order valence-corrected chi connectivity index (χ2v) is 16.6. The van der Waals surface area contributed by atoms with E-state index in [0.717, 1.165) is 21.6 Å². The number of rotatable bonds is 16. The van der Waals surface area contributed by atoms with Gasteiger partial charge in [-0.2, -0.15) is 4.31 Å². The Morgan fingerprint density at radius 2 is 1.45 bits per heavy atom. The predicted octanol–water partition coefficient (Wildman–Crippen LogP) is 7.35. The fourth-order valence-corrected chi connectivity index (χ4v) is 8.75. The number of nitrogens with one attached hydrogen (secondary N) is 1. The van der Waals surface area contributed by atoms with Crippen LogP contribution in [0.4, 0.5) is 4.79 Å². The molecule has 1 aromatic carbocycles. The summed E-state index contributed by atoms with van der Waals surface area (Å²) in [6.45, 7) is 6.83. The molecule has 1 amide bonds. The number of thiophene rings is 3. The first kappa shape index (κ1) is 34.0. The number of carbonyl (C=O) groups excluding carboxylic acids is 2. The lowest BCUT2D eigenvalue weighted by molar-refractivity contribution is -0.154. The molecule has 0 aliphatic heterocycles. The highest BCUT2D eigenvalue weighted by Crippen LogP contribution is 2.30. The minimum absolute atomic E-state index is 0.197. The summed E-state index contributed by atoms with van der Waals surface area (Å²) < 4.78 is 35.0. The van der Waals surface area contributed by atoms with Crippen LogP contribution in [0.1, 0.15) is 55.4 Å². The molecule has 8 nitrogen and oxygen atoms in total. The molecule has 1 N–H and O–H groups in total. The predicted molar refractivity (Wildman–Crippen MR) is 178 cm³/mol. The van der Waals surface area contributed by atoms with Gasteiger partial charge in [-0.15, -0.1) is 34.0 Å². The van der Waals surface area contributed by atoms with Gasteiger partial charge in [0, 0.05) is 47.9 Å². The summed E-state index contributed by atoms with van der Waals surface area (Å²) in [5, 5.41) is 8.53. The zero-order valence-corrected chi connectivity index (χ0v) is 28.4. The maximum atomic E-state index is 13.6. The second kappa shape index (κ2) is 15.4. The van der Waals surface area contributed by atoms with Crippen molar-refractivity contribution in [3.63, 3.8) is 0 Å². The topological polar surface area (TPSA) is 96.0 Å². The van der Waals surface area contributed by atoms with E-state index in [2.05, 4.69) is 5.32 Å². The average molecular weight is 674 g/mol. The highest BCUT2D eigenvalue weighted by molar-refractivity contribution is 7.91. The number of nitrogens with zero attached hydrogens (tertiary/aromatic N) is 2. The Morgan fingerprint density at radius 3 is 1.98 bits per heavy atom. The molecule has 0 radical (unpaired) electrons. The van der Waals surface area contributed by atoms with Crippen LogP contribution in [0, 0.1) is 0 Å². The molecular weight excluding hydrogens is 635 g/mol. The van der Waals surface area contributed by atoms with Crippen molar-refractivity contribution in [3.05, 3.63) is 98.2 Å². The first-order chi connectivity index (χ1) is 21.0. The smallest absolute Gasteiger partial charge is 0.409 e. The van der Waals surface area contributed by atoms with E-state index in [1.165, 1.54) is 15.6 Å². The Hall–Kier alpha value is -2.87. The molecule has 236 valence electrons.